The lowest BCUT2D eigenvalue weighted by atomic mass is 10.0. The minimum Gasteiger partial charge on any atom is -0.467 e. The Morgan fingerprint density at radius 2 is 1.70 bits per heavy atom. The summed E-state index contributed by atoms with van der Waals surface area (Å²) in [6, 6.07) is 7.79. The van der Waals surface area contributed by atoms with Crippen molar-refractivity contribution in [3.8, 4) is 0 Å². The topological polar surface area (TPSA) is 72.9 Å². The van der Waals surface area contributed by atoms with Crippen LogP contribution < -0.4 is 0 Å². The fraction of sp³-hybridized carbons (Fsp3) is 0.471. The number of ketones is 1. The van der Waals surface area contributed by atoms with E-state index in [-0.39, 0.29) is 24.9 Å². The van der Waals surface area contributed by atoms with Gasteiger partial charge in [-0.05, 0) is 5.92 Å². The van der Waals surface area contributed by atoms with Crippen molar-refractivity contribution in [3.05, 3.63) is 35.9 Å². The number of carbonyl (C=O) groups excluding carboxylic acids is 3. The van der Waals surface area contributed by atoms with Crippen LogP contribution in [-0.2, 0) is 19.1 Å². The summed E-state index contributed by atoms with van der Waals surface area (Å²) in [4.78, 5) is 38.0. The van der Waals surface area contributed by atoms with Gasteiger partial charge in [-0.25, -0.2) is 4.79 Å². The molecule has 0 spiro atoms. The molecular weight excluding hydrogens is 298 g/mol. The van der Waals surface area contributed by atoms with E-state index in [0.29, 0.717) is 5.56 Å². The van der Waals surface area contributed by atoms with Crippen molar-refractivity contribution in [2.45, 2.75) is 19.9 Å². The number of ether oxygens (including phenoxy) is 2. The summed E-state index contributed by atoms with van der Waals surface area (Å²) >= 11 is 0. The fourth-order valence-corrected chi connectivity index (χ4v) is 2.30. The van der Waals surface area contributed by atoms with Gasteiger partial charge in [0.15, 0.2) is 5.78 Å². The number of Topliss-reactive ketones (excluding diaryl/α,β-unsaturated/α-hetero) is 1. The van der Waals surface area contributed by atoms with Gasteiger partial charge in [-0.3, -0.25) is 9.59 Å². The first-order chi connectivity index (χ1) is 10.9. The molecule has 1 unspecified atom stereocenters. The Bertz CT molecular complexity index is 541. The van der Waals surface area contributed by atoms with E-state index < -0.39 is 17.9 Å². The second-order valence-corrected chi connectivity index (χ2v) is 5.46. The average molecular weight is 321 g/mol. The molecule has 1 amide bonds. The quantitative estimate of drug-likeness (QED) is 0.536. The van der Waals surface area contributed by atoms with Crippen LogP contribution in [0.5, 0.6) is 0 Å². The van der Waals surface area contributed by atoms with E-state index in [1.165, 1.54) is 19.1 Å². The first-order valence-electron chi connectivity index (χ1n) is 7.36. The third kappa shape index (κ3) is 5.17. The molecule has 0 aromatic heterocycles. The number of hydrogen-bond donors (Lipinski definition) is 0. The number of hydrogen-bond acceptors (Lipinski definition) is 5. The van der Waals surface area contributed by atoms with Gasteiger partial charge in [-0.1, -0.05) is 44.2 Å². The van der Waals surface area contributed by atoms with Crippen LogP contribution in [0.2, 0.25) is 0 Å². The van der Waals surface area contributed by atoms with Crippen molar-refractivity contribution in [2.75, 3.05) is 27.4 Å². The van der Waals surface area contributed by atoms with Crippen LogP contribution in [0.25, 0.3) is 0 Å². The summed E-state index contributed by atoms with van der Waals surface area (Å²) in [5.74, 6) is -1.43. The van der Waals surface area contributed by atoms with E-state index in [2.05, 4.69) is 0 Å². The van der Waals surface area contributed by atoms with E-state index >= 15 is 0 Å². The zero-order valence-corrected chi connectivity index (χ0v) is 13.9. The Labute approximate surface area is 136 Å². The molecule has 0 aliphatic heterocycles. The Balaban J connectivity index is 3.06. The molecule has 126 valence electrons. The molecule has 23 heavy (non-hydrogen) atoms. The normalized spacial score (nSPS) is 11.9. The summed E-state index contributed by atoms with van der Waals surface area (Å²) in [5, 5.41) is 0. The van der Waals surface area contributed by atoms with Gasteiger partial charge in [0, 0.05) is 12.7 Å². The molecule has 6 nitrogen and oxygen atoms in total. The van der Waals surface area contributed by atoms with E-state index in [0.717, 1.165) is 0 Å². The summed E-state index contributed by atoms with van der Waals surface area (Å²) in [5.41, 5.74) is 0.482. The molecule has 0 saturated heterocycles. The highest BCUT2D eigenvalue weighted by atomic mass is 16.5. The molecule has 0 radical (unpaired) electrons. The third-order valence-electron chi connectivity index (χ3n) is 3.41. The van der Waals surface area contributed by atoms with Crippen LogP contribution >= 0.6 is 0 Å². The molecule has 0 N–H and O–H groups in total. The molecule has 0 bridgehead atoms. The lowest BCUT2D eigenvalue weighted by molar-refractivity contribution is -0.155. The van der Waals surface area contributed by atoms with Crippen LogP contribution in [0.4, 0.5) is 0 Å². The minimum absolute atomic E-state index is 0.202. The van der Waals surface area contributed by atoms with Crippen LogP contribution in [0.3, 0.4) is 0 Å². The Kier molecular flexibility index (Phi) is 7.41. The van der Waals surface area contributed by atoms with Gasteiger partial charge in [0.2, 0.25) is 5.91 Å². The average Bonchev–Trinajstić information content (AvgIpc) is 2.54. The molecule has 0 heterocycles. The summed E-state index contributed by atoms with van der Waals surface area (Å²) < 4.78 is 9.65. The van der Waals surface area contributed by atoms with Gasteiger partial charge in [-0.15, -0.1) is 0 Å². The van der Waals surface area contributed by atoms with E-state index in [1.807, 2.05) is 0 Å². The molecule has 0 saturated carbocycles. The van der Waals surface area contributed by atoms with E-state index in [1.54, 1.807) is 44.2 Å². The molecule has 1 rings (SSSR count). The minimum atomic E-state index is -0.838. The maximum Gasteiger partial charge on any atom is 0.328 e. The summed E-state index contributed by atoms with van der Waals surface area (Å²) in [6.45, 7) is 3.18. The highest BCUT2D eigenvalue weighted by Gasteiger charge is 2.34. The van der Waals surface area contributed by atoms with Crippen molar-refractivity contribution < 1.29 is 23.9 Å². The lowest BCUT2D eigenvalue weighted by Crippen LogP contribution is -2.51. The Morgan fingerprint density at radius 1 is 1.09 bits per heavy atom. The van der Waals surface area contributed by atoms with Gasteiger partial charge in [0.05, 0.1) is 13.7 Å². The lowest BCUT2D eigenvalue weighted by Gasteiger charge is -2.31. The number of methoxy groups -OCH3 is 2. The second-order valence-electron chi connectivity index (χ2n) is 5.46. The number of rotatable bonds is 8. The van der Waals surface area contributed by atoms with Gasteiger partial charge in [-0.2, -0.15) is 0 Å². The van der Waals surface area contributed by atoms with Crippen LogP contribution in [-0.4, -0.2) is 56.0 Å². The van der Waals surface area contributed by atoms with E-state index in [4.69, 9.17) is 9.47 Å². The standard InChI is InChI=1S/C17H23NO5/c1-12(2)16(17(21)23-4)18(15(20)11-22-3)10-14(19)13-8-6-5-7-9-13/h5-9,12,16H,10-11H2,1-4H3. The zero-order chi connectivity index (χ0) is 17.4. The number of carbonyl (C=O) groups is 3. The first kappa shape index (κ1) is 18.8. The molecule has 1 atom stereocenters. The summed E-state index contributed by atoms with van der Waals surface area (Å²) in [7, 11) is 2.65. The second kappa shape index (κ2) is 9.05. The molecule has 1 aromatic rings. The number of amides is 1. The molecule has 0 aliphatic rings. The van der Waals surface area contributed by atoms with Crippen molar-refractivity contribution in [1.29, 1.82) is 0 Å². The van der Waals surface area contributed by atoms with Gasteiger partial charge < -0.3 is 14.4 Å². The van der Waals surface area contributed by atoms with Gasteiger partial charge in [0.1, 0.15) is 12.6 Å². The van der Waals surface area contributed by atoms with Crippen molar-refractivity contribution in [3.63, 3.8) is 0 Å². The van der Waals surface area contributed by atoms with Crippen LogP contribution in [0, 0.1) is 5.92 Å². The predicted octanol–water partition coefficient (Wildman–Crippen LogP) is 1.54. The molecule has 6 heteroatoms. The van der Waals surface area contributed by atoms with Crippen LogP contribution in [0.1, 0.15) is 24.2 Å². The molecule has 0 aliphatic carbocycles. The maximum atomic E-state index is 12.4. The molecule has 1 aromatic carbocycles. The Morgan fingerprint density at radius 3 is 2.17 bits per heavy atom. The highest BCUT2D eigenvalue weighted by Crippen LogP contribution is 2.15. The molecular formula is C17H23NO5. The predicted molar refractivity (Wildman–Crippen MR) is 85.0 cm³/mol. The number of esters is 1. The third-order valence-corrected chi connectivity index (χ3v) is 3.41. The number of benzene rings is 1. The zero-order valence-electron chi connectivity index (χ0n) is 13.9. The Hall–Kier alpha value is -2.21. The summed E-state index contributed by atoms with van der Waals surface area (Å²) in [6.07, 6.45) is 0. The van der Waals surface area contributed by atoms with Gasteiger partial charge in [0.25, 0.3) is 0 Å². The van der Waals surface area contributed by atoms with Crippen molar-refractivity contribution in [2.24, 2.45) is 5.92 Å². The smallest absolute Gasteiger partial charge is 0.328 e. The highest BCUT2D eigenvalue weighted by molar-refractivity contribution is 6.00. The van der Waals surface area contributed by atoms with Gasteiger partial charge >= 0.3 is 5.97 Å². The number of nitrogens with zero attached hydrogens (tertiary/aromatic N) is 1. The van der Waals surface area contributed by atoms with Crippen molar-refractivity contribution >= 4 is 17.7 Å². The largest absolute Gasteiger partial charge is 0.467 e. The van der Waals surface area contributed by atoms with E-state index in [9.17, 15) is 14.4 Å². The SMILES string of the molecule is COCC(=O)N(CC(=O)c1ccccc1)C(C(=O)OC)C(C)C. The first-order valence-corrected chi connectivity index (χ1v) is 7.36. The fourth-order valence-electron chi connectivity index (χ4n) is 2.30. The van der Waals surface area contributed by atoms with Crippen LogP contribution in [0.15, 0.2) is 30.3 Å². The monoisotopic (exact) mass is 321 g/mol. The molecule has 0 fully saturated rings. The maximum absolute atomic E-state index is 12.4. The van der Waals surface area contributed by atoms with Crippen molar-refractivity contribution in [1.82, 2.24) is 4.90 Å².